The average Bonchev–Trinajstić information content (AvgIpc) is 3.26. The van der Waals surface area contributed by atoms with E-state index in [1.54, 1.807) is 11.3 Å². The number of carbonyl (C=O) groups excluding carboxylic acids is 1. The van der Waals surface area contributed by atoms with Crippen LogP contribution in [0.25, 0.3) is 10.2 Å². The molecule has 2 aromatic heterocycles. The summed E-state index contributed by atoms with van der Waals surface area (Å²) in [4.78, 5) is 24.6. The number of fused-ring (bicyclic) bond motifs is 3. The maximum absolute atomic E-state index is 12.7. The second-order valence-corrected chi connectivity index (χ2v) is 9.16. The van der Waals surface area contributed by atoms with Gasteiger partial charge in [0.1, 0.15) is 15.7 Å². The van der Waals surface area contributed by atoms with E-state index in [0.717, 1.165) is 47.1 Å². The molecule has 0 fully saturated rings. The van der Waals surface area contributed by atoms with E-state index in [-0.39, 0.29) is 5.91 Å². The minimum atomic E-state index is 0.0249. The van der Waals surface area contributed by atoms with Gasteiger partial charge in [0.15, 0.2) is 0 Å². The number of aryl methyl sites for hydroxylation is 5. The number of para-hydroxylation sites is 1. The van der Waals surface area contributed by atoms with Gasteiger partial charge in [-0.25, -0.2) is 9.97 Å². The molecule has 0 aliphatic heterocycles. The molecule has 146 valence electrons. The molecule has 0 unspecified atom stereocenters. The Hall–Kier alpha value is -1.92. The first-order valence-electron chi connectivity index (χ1n) is 9.93. The first kappa shape index (κ1) is 19.4. The van der Waals surface area contributed by atoms with Gasteiger partial charge in [-0.1, -0.05) is 43.8 Å². The van der Waals surface area contributed by atoms with Gasteiger partial charge >= 0.3 is 0 Å². The molecule has 1 amide bonds. The zero-order valence-corrected chi connectivity index (χ0v) is 18.2. The third-order valence-electron chi connectivity index (χ3n) is 5.25. The van der Waals surface area contributed by atoms with Crippen LogP contribution >= 0.6 is 23.1 Å². The maximum Gasteiger partial charge on any atom is 0.234 e. The number of nitrogens with zero attached hydrogens (tertiary/aromatic N) is 2. The first-order chi connectivity index (χ1) is 13.6. The summed E-state index contributed by atoms with van der Waals surface area (Å²) in [5, 5.41) is 5.30. The van der Waals surface area contributed by atoms with E-state index < -0.39 is 0 Å². The van der Waals surface area contributed by atoms with Crippen molar-refractivity contribution in [2.75, 3.05) is 11.1 Å². The Kier molecular flexibility index (Phi) is 5.69. The molecular weight excluding hydrogens is 386 g/mol. The second-order valence-electron chi connectivity index (χ2n) is 7.11. The van der Waals surface area contributed by atoms with Crippen LogP contribution in [0.15, 0.2) is 23.2 Å². The lowest BCUT2D eigenvalue weighted by Gasteiger charge is -2.14. The average molecular weight is 412 g/mol. The summed E-state index contributed by atoms with van der Waals surface area (Å²) in [6.07, 6.45) is 5.27. The molecule has 1 aliphatic carbocycles. The lowest BCUT2D eigenvalue weighted by molar-refractivity contribution is -0.113. The highest BCUT2D eigenvalue weighted by atomic mass is 32.2. The summed E-state index contributed by atoms with van der Waals surface area (Å²) >= 11 is 3.33. The van der Waals surface area contributed by atoms with E-state index in [2.05, 4.69) is 47.3 Å². The monoisotopic (exact) mass is 411 g/mol. The molecule has 0 atom stereocenters. The number of carbonyl (C=O) groups is 1. The van der Waals surface area contributed by atoms with Crippen molar-refractivity contribution in [2.45, 2.75) is 57.9 Å². The van der Waals surface area contributed by atoms with Gasteiger partial charge in [-0.3, -0.25) is 4.79 Å². The van der Waals surface area contributed by atoms with Crippen molar-refractivity contribution < 1.29 is 4.79 Å². The lowest BCUT2D eigenvalue weighted by Crippen LogP contribution is -2.17. The van der Waals surface area contributed by atoms with Crippen molar-refractivity contribution in [3.8, 4) is 0 Å². The molecule has 0 saturated carbocycles. The van der Waals surface area contributed by atoms with Gasteiger partial charge < -0.3 is 5.32 Å². The van der Waals surface area contributed by atoms with Crippen LogP contribution < -0.4 is 5.32 Å². The Bertz CT molecular complexity index is 1020. The maximum atomic E-state index is 12.7. The number of hydrogen-bond donors (Lipinski definition) is 1. The van der Waals surface area contributed by atoms with E-state index in [4.69, 9.17) is 0 Å². The number of aromatic nitrogens is 2. The Morgan fingerprint density at radius 2 is 1.93 bits per heavy atom. The molecule has 1 aromatic carbocycles. The van der Waals surface area contributed by atoms with Gasteiger partial charge in [0.25, 0.3) is 0 Å². The fraction of sp³-hybridized carbons (Fsp3) is 0.409. The van der Waals surface area contributed by atoms with Crippen LogP contribution in [0, 0.1) is 6.92 Å². The van der Waals surface area contributed by atoms with Crippen molar-refractivity contribution in [3.05, 3.63) is 45.6 Å². The number of thioether (sulfide) groups is 1. The molecule has 0 bridgehead atoms. The lowest BCUT2D eigenvalue weighted by atomic mass is 10.0. The summed E-state index contributed by atoms with van der Waals surface area (Å²) in [5.41, 5.74) is 4.77. The fourth-order valence-electron chi connectivity index (χ4n) is 3.88. The minimum absolute atomic E-state index is 0.0249. The highest BCUT2D eigenvalue weighted by Gasteiger charge is 2.22. The zero-order chi connectivity index (χ0) is 19.7. The standard InChI is InChI=1S/C22H25N3OS2/c1-4-14-8-6-9-15(5-2)20(14)25-18(26)12-27-21-19-16-10-7-11-17(16)28-22(19)24-13(3)23-21/h6,8-9H,4-5,7,10-12H2,1-3H3,(H,25,26). The quantitative estimate of drug-likeness (QED) is 0.439. The highest BCUT2D eigenvalue weighted by molar-refractivity contribution is 8.00. The second kappa shape index (κ2) is 8.21. The molecule has 0 radical (unpaired) electrons. The Morgan fingerprint density at radius 3 is 2.64 bits per heavy atom. The molecular formula is C22H25N3OS2. The van der Waals surface area contributed by atoms with E-state index in [0.29, 0.717) is 5.75 Å². The molecule has 3 aromatic rings. The number of rotatable bonds is 6. The number of thiophene rings is 1. The largest absolute Gasteiger partial charge is 0.325 e. The predicted octanol–water partition coefficient (Wildman–Crippen LogP) is 5.34. The Labute approximate surface area is 174 Å². The van der Waals surface area contributed by atoms with Crippen LogP contribution in [0.5, 0.6) is 0 Å². The number of nitrogens with one attached hydrogen (secondary N) is 1. The number of hydrogen-bond acceptors (Lipinski definition) is 5. The van der Waals surface area contributed by atoms with Crippen molar-refractivity contribution in [2.24, 2.45) is 0 Å². The van der Waals surface area contributed by atoms with Crippen LogP contribution in [-0.4, -0.2) is 21.6 Å². The molecule has 4 rings (SSSR count). The van der Waals surface area contributed by atoms with Crippen LogP contribution in [0.3, 0.4) is 0 Å². The molecule has 0 saturated heterocycles. The van der Waals surface area contributed by atoms with Gasteiger partial charge in [-0.2, -0.15) is 0 Å². The topological polar surface area (TPSA) is 54.9 Å². The third kappa shape index (κ3) is 3.67. The van der Waals surface area contributed by atoms with E-state index in [1.165, 1.54) is 45.1 Å². The fourth-order valence-corrected chi connectivity index (χ4v) is 6.15. The van der Waals surface area contributed by atoms with Gasteiger partial charge in [-0.05, 0) is 55.7 Å². The van der Waals surface area contributed by atoms with E-state index in [9.17, 15) is 4.79 Å². The summed E-state index contributed by atoms with van der Waals surface area (Å²) in [5.74, 6) is 1.16. The van der Waals surface area contributed by atoms with Crippen LogP contribution in [0.1, 0.15) is 47.7 Å². The van der Waals surface area contributed by atoms with Crippen molar-refractivity contribution in [3.63, 3.8) is 0 Å². The number of benzene rings is 1. The third-order valence-corrected chi connectivity index (χ3v) is 7.41. The van der Waals surface area contributed by atoms with Crippen molar-refractivity contribution in [1.29, 1.82) is 0 Å². The van der Waals surface area contributed by atoms with E-state index >= 15 is 0 Å². The van der Waals surface area contributed by atoms with Gasteiger partial charge in [0.2, 0.25) is 5.91 Å². The normalized spacial score (nSPS) is 13.1. The molecule has 6 heteroatoms. The van der Waals surface area contributed by atoms with Gasteiger partial charge in [0, 0.05) is 16.0 Å². The minimum Gasteiger partial charge on any atom is -0.325 e. The molecule has 28 heavy (non-hydrogen) atoms. The van der Waals surface area contributed by atoms with Gasteiger partial charge in [-0.15, -0.1) is 11.3 Å². The Morgan fingerprint density at radius 1 is 1.18 bits per heavy atom. The first-order valence-corrected chi connectivity index (χ1v) is 11.7. The number of anilines is 1. The van der Waals surface area contributed by atoms with Crippen LogP contribution in [0.2, 0.25) is 0 Å². The van der Waals surface area contributed by atoms with Crippen LogP contribution in [-0.2, 0) is 30.5 Å². The van der Waals surface area contributed by atoms with Crippen molar-refractivity contribution in [1.82, 2.24) is 9.97 Å². The summed E-state index contributed by atoms with van der Waals surface area (Å²) < 4.78 is 0. The number of amides is 1. The summed E-state index contributed by atoms with van der Waals surface area (Å²) in [6, 6.07) is 6.25. The molecule has 2 heterocycles. The summed E-state index contributed by atoms with van der Waals surface area (Å²) in [6.45, 7) is 6.17. The molecule has 1 aliphatic rings. The summed E-state index contributed by atoms with van der Waals surface area (Å²) in [7, 11) is 0. The predicted molar refractivity (Wildman–Crippen MR) is 119 cm³/mol. The van der Waals surface area contributed by atoms with Gasteiger partial charge in [0.05, 0.1) is 5.75 Å². The molecule has 1 N–H and O–H groups in total. The van der Waals surface area contributed by atoms with E-state index in [1.807, 2.05) is 6.92 Å². The Balaban J connectivity index is 1.55. The highest BCUT2D eigenvalue weighted by Crippen LogP contribution is 2.40. The molecule has 4 nitrogen and oxygen atoms in total. The zero-order valence-electron chi connectivity index (χ0n) is 16.6. The molecule has 0 spiro atoms. The van der Waals surface area contributed by atoms with Crippen molar-refractivity contribution >= 4 is 44.9 Å². The van der Waals surface area contributed by atoms with Crippen LogP contribution in [0.4, 0.5) is 5.69 Å². The smallest absolute Gasteiger partial charge is 0.234 e. The SMILES string of the molecule is CCc1cccc(CC)c1NC(=O)CSc1nc(C)nc2sc3c(c12)CCC3.